The summed E-state index contributed by atoms with van der Waals surface area (Å²) in [7, 11) is -3.79. The number of hydrogen-bond acceptors (Lipinski definition) is 5. The highest BCUT2D eigenvalue weighted by Gasteiger charge is 2.30. The van der Waals surface area contributed by atoms with Gasteiger partial charge in [0.05, 0.1) is 4.90 Å². The van der Waals surface area contributed by atoms with Crippen LogP contribution in [-0.2, 0) is 19.6 Å². The smallest absolute Gasteiger partial charge is 0.364 e. The van der Waals surface area contributed by atoms with E-state index in [2.05, 4.69) is 39.7 Å². The summed E-state index contributed by atoms with van der Waals surface area (Å²) in [5, 5.41) is 0. The van der Waals surface area contributed by atoms with Crippen molar-refractivity contribution in [1.29, 1.82) is 0 Å². The highest BCUT2D eigenvalue weighted by Crippen LogP contribution is 2.44. The Hall–Kier alpha value is -3.40. The van der Waals surface area contributed by atoms with Crippen LogP contribution in [0.1, 0.15) is 35.4 Å². The molecule has 0 saturated heterocycles. The number of hydrogen-bond donors (Lipinski definition) is 3. The minimum atomic E-state index is -3.79. The van der Waals surface area contributed by atoms with Gasteiger partial charge in [0.25, 0.3) is 10.0 Å². The maximum atomic E-state index is 12.6. The molecule has 0 aliphatic heterocycles. The number of esters is 1. The van der Waals surface area contributed by atoms with Crippen LogP contribution >= 0.6 is 0 Å². The maximum absolute atomic E-state index is 12.6. The molecule has 6 N–H and O–H groups in total. The van der Waals surface area contributed by atoms with Crippen molar-refractivity contribution in [2.24, 2.45) is 10.7 Å². The number of nitrogens with zero attached hydrogens (tertiary/aromatic N) is 1. The van der Waals surface area contributed by atoms with Crippen molar-refractivity contribution in [3.63, 3.8) is 0 Å². The Balaban J connectivity index is 0.00000380. The average Bonchev–Trinajstić information content (AvgIpc) is 3.18. The van der Waals surface area contributed by atoms with Gasteiger partial charge in [0.15, 0.2) is 6.04 Å². The molecule has 3 aromatic carbocycles. The molecule has 0 fully saturated rings. The van der Waals surface area contributed by atoms with Crippen molar-refractivity contribution >= 4 is 22.0 Å². The molecule has 4 rings (SSSR count). The van der Waals surface area contributed by atoms with Crippen molar-refractivity contribution < 1.29 is 36.1 Å². The van der Waals surface area contributed by atoms with Gasteiger partial charge in [-0.2, -0.15) is 0 Å². The number of quaternary nitrogens is 1. The molecule has 10 heteroatoms. The van der Waals surface area contributed by atoms with Gasteiger partial charge in [0.2, 0.25) is 5.96 Å². The normalized spacial score (nSPS) is 13.7. The van der Waals surface area contributed by atoms with Crippen LogP contribution in [0.4, 0.5) is 0 Å². The van der Waals surface area contributed by atoms with Gasteiger partial charge in [-0.25, -0.2) is 17.9 Å². The summed E-state index contributed by atoms with van der Waals surface area (Å²) in [5.41, 5.74) is 15.3. The van der Waals surface area contributed by atoms with Gasteiger partial charge in [0.1, 0.15) is 6.61 Å². The van der Waals surface area contributed by atoms with Gasteiger partial charge in [-0.3, -0.25) is 4.99 Å². The highest BCUT2D eigenvalue weighted by atomic mass is 35.5. The minimum absolute atomic E-state index is 0. The summed E-state index contributed by atoms with van der Waals surface area (Å²) < 4.78 is 32.7. The van der Waals surface area contributed by atoms with E-state index in [0.29, 0.717) is 12.8 Å². The third-order valence-electron chi connectivity index (χ3n) is 6.25. The lowest BCUT2D eigenvalue weighted by atomic mass is 9.98. The number of benzene rings is 3. The zero-order valence-electron chi connectivity index (χ0n) is 20.6. The average molecular weight is 543 g/mol. The van der Waals surface area contributed by atoms with E-state index in [1.54, 1.807) is 12.1 Å². The molecule has 0 amide bonds. The largest absolute Gasteiger partial charge is 1.00 e. The van der Waals surface area contributed by atoms with Crippen LogP contribution in [0.15, 0.2) is 82.7 Å². The molecule has 8 nitrogen and oxygen atoms in total. The number of ether oxygens (including phenoxy) is 1. The minimum Gasteiger partial charge on any atom is -1.00 e. The fraction of sp³-hybridized carbons (Fsp3) is 0.259. The maximum Gasteiger partial charge on any atom is 0.364 e. The van der Waals surface area contributed by atoms with Crippen LogP contribution in [0.3, 0.4) is 0 Å². The van der Waals surface area contributed by atoms with Gasteiger partial charge in [-0.05, 0) is 47.7 Å². The predicted molar refractivity (Wildman–Crippen MR) is 139 cm³/mol. The molecule has 3 aromatic rings. The first-order valence-corrected chi connectivity index (χ1v) is 13.3. The first-order chi connectivity index (χ1) is 17.3. The fourth-order valence-corrected chi connectivity index (χ4v) is 5.28. The van der Waals surface area contributed by atoms with Gasteiger partial charge in [-0.15, -0.1) is 0 Å². The number of carbonyl (C=O) groups is 1. The quantitative estimate of drug-likeness (QED) is 0.143. The molecule has 0 spiro atoms. The Morgan fingerprint density at radius 3 is 2.19 bits per heavy atom. The third kappa shape index (κ3) is 6.68. The van der Waals surface area contributed by atoms with Crippen LogP contribution < -0.4 is 28.6 Å². The number of aryl methyl sites for hydroxylation is 1. The molecule has 37 heavy (non-hydrogen) atoms. The number of rotatable bonds is 9. The molecule has 0 heterocycles. The van der Waals surface area contributed by atoms with E-state index >= 15 is 0 Å². The van der Waals surface area contributed by atoms with Crippen LogP contribution in [0, 0.1) is 6.92 Å². The van der Waals surface area contributed by atoms with Crippen molar-refractivity contribution in [2.45, 2.75) is 36.6 Å². The molecule has 0 radical (unpaired) electrons. The van der Waals surface area contributed by atoms with E-state index in [9.17, 15) is 13.2 Å². The summed E-state index contributed by atoms with van der Waals surface area (Å²) in [6.07, 6.45) is 0.948. The standard InChI is InChI=1S/C27H30N4O4S.ClH/c1-18-12-14-19(15-13-18)36(33,34)31-27(29)30-16-6-11-25(28)26(32)35-17-24-22-9-4-2-7-20(22)21-8-3-5-10-23(21)24;/h2-5,7-10,12-15,24-25H,6,11,16-17,28H2,1H3,(H3,29,30,31);1H/t25-;/m0./s1. The molecule has 1 aliphatic rings. The summed E-state index contributed by atoms with van der Waals surface area (Å²) in [5.74, 6) is -0.564. The van der Waals surface area contributed by atoms with Crippen molar-refractivity contribution in [3.05, 3.63) is 89.5 Å². The van der Waals surface area contributed by atoms with Gasteiger partial charge in [0, 0.05) is 18.9 Å². The zero-order chi connectivity index (χ0) is 25.7. The van der Waals surface area contributed by atoms with Crippen LogP contribution in [-0.4, -0.2) is 39.5 Å². The summed E-state index contributed by atoms with van der Waals surface area (Å²) in [6, 6.07) is 22.2. The molecule has 0 unspecified atom stereocenters. The SMILES string of the molecule is Cc1ccc(S(=O)(=O)NC(N)=NCCC[C@H]([NH3+])C(=O)OCC2c3ccccc3-c3ccccc32)cc1.[Cl-]. The van der Waals surface area contributed by atoms with Gasteiger partial charge < -0.3 is 28.6 Å². The number of fused-ring (bicyclic) bond motifs is 3. The number of aliphatic imine (C=N–C) groups is 1. The number of sulfonamides is 1. The first kappa shape index (κ1) is 28.2. The van der Waals surface area contributed by atoms with Crippen LogP contribution in [0.2, 0.25) is 0 Å². The number of guanidine groups is 1. The molecule has 0 bridgehead atoms. The van der Waals surface area contributed by atoms with E-state index in [1.165, 1.54) is 23.3 Å². The monoisotopic (exact) mass is 542 g/mol. The third-order valence-corrected chi connectivity index (χ3v) is 7.62. The van der Waals surface area contributed by atoms with Gasteiger partial charge in [-0.1, -0.05) is 66.2 Å². The highest BCUT2D eigenvalue weighted by molar-refractivity contribution is 7.90. The Kier molecular flexibility index (Phi) is 9.31. The lowest BCUT2D eigenvalue weighted by Crippen LogP contribution is -3.00. The Labute approximate surface area is 223 Å². The number of nitrogens with one attached hydrogen (secondary N) is 1. The number of halogens is 1. The van der Waals surface area contributed by atoms with Crippen molar-refractivity contribution in [1.82, 2.24) is 4.72 Å². The molecule has 0 aromatic heterocycles. The van der Waals surface area contributed by atoms with Crippen molar-refractivity contribution in [3.8, 4) is 11.1 Å². The molecule has 1 aliphatic carbocycles. The Bertz CT molecular complexity index is 1330. The topological polar surface area (TPSA) is 138 Å². The van der Waals surface area contributed by atoms with Gasteiger partial charge >= 0.3 is 5.97 Å². The molecule has 1 atom stereocenters. The Morgan fingerprint density at radius 2 is 1.59 bits per heavy atom. The first-order valence-electron chi connectivity index (χ1n) is 11.8. The predicted octanol–water partition coefficient (Wildman–Crippen LogP) is -0.662. The zero-order valence-corrected chi connectivity index (χ0v) is 22.1. The van der Waals surface area contributed by atoms with Crippen LogP contribution in [0.25, 0.3) is 11.1 Å². The Morgan fingerprint density at radius 1 is 1.03 bits per heavy atom. The lowest BCUT2D eigenvalue weighted by Gasteiger charge is -2.15. The second-order valence-electron chi connectivity index (χ2n) is 8.88. The number of nitrogens with two attached hydrogens (primary N) is 1. The fourth-order valence-electron chi connectivity index (χ4n) is 4.32. The molecule has 0 saturated carbocycles. The second-order valence-corrected chi connectivity index (χ2v) is 10.6. The molecule has 196 valence electrons. The van der Waals surface area contributed by atoms with E-state index in [-0.39, 0.29) is 48.3 Å². The second kappa shape index (κ2) is 12.2. The summed E-state index contributed by atoms with van der Waals surface area (Å²) >= 11 is 0. The van der Waals surface area contributed by atoms with Crippen molar-refractivity contribution in [2.75, 3.05) is 13.2 Å². The van der Waals surface area contributed by atoms with E-state index in [1.807, 2.05) is 31.2 Å². The summed E-state index contributed by atoms with van der Waals surface area (Å²) in [4.78, 5) is 16.8. The summed E-state index contributed by atoms with van der Waals surface area (Å²) in [6.45, 7) is 2.38. The van der Waals surface area contributed by atoms with E-state index < -0.39 is 16.1 Å². The number of carbonyl (C=O) groups excluding carboxylic acids is 1. The lowest BCUT2D eigenvalue weighted by molar-refractivity contribution is -0.409. The molecular weight excluding hydrogens is 512 g/mol. The van der Waals surface area contributed by atoms with Crippen LogP contribution in [0.5, 0.6) is 0 Å². The molecular formula is C27H31ClN4O4S. The van der Waals surface area contributed by atoms with E-state index in [0.717, 1.165) is 16.7 Å². The van der Waals surface area contributed by atoms with E-state index in [4.69, 9.17) is 10.5 Å².